The quantitative estimate of drug-likeness (QED) is 0.539. The van der Waals surface area contributed by atoms with Crippen LogP contribution in [-0.2, 0) is 6.54 Å². The van der Waals surface area contributed by atoms with Gasteiger partial charge in [-0.3, -0.25) is 13.9 Å². The van der Waals surface area contributed by atoms with Crippen molar-refractivity contribution in [3.8, 4) is 0 Å². The Morgan fingerprint density at radius 3 is 2.57 bits per heavy atom. The molecule has 1 unspecified atom stereocenters. The molecule has 8 heteroatoms. The van der Waals surface area contributed by atoms with E-state index in [-0.39, 0.29) is 19.0 Å². The molecule has 5 N–H and O–H groups in total. The summed E-state index contributed by atoms with van der Waals surface area (Å²) in [7, 11) is -3.13. The van der Waals surface area contributed by atoms with Gasteiger partial charge < -0.3 is 10.4 Å². The number of aliphatic hydroxyl groups excluding tert-OH is 1. The lowest BCUT2D eigenvalue weighted by molar-refractivity contribution is 0.0952. The molecule has 1 aliphatic heterocycles. The van der Waals surface area contributed by atoms with Crippen LogP contribution in [0.15, 0.2) is 24.3 Å². The Labute approximate surface area is 138 Å². The Morgan fingerprint density at radius 1 is 1.39 bits per heavy atom. The number of hydrogen-bond acceptors (Lipinski definition) is 6. The first-order valence-electron chi connectivity index (χ1n) is 7.63. The van der Waals surface area contributed by atoms with Crippen LogP contribution in [0.1, 0.15) is 36.2 Å². The molecule has 23 heavy (non-hydrogen) atoms. The van der Waals surface area contributed by atoms with Crippen molar-refractivity contribution in [2.24, 2.45) is 5.92 Å². The summed E-state index contributed by atoms with van der Waals surface area (Å²) in [4.78, 5) is 12.0. The van der Waals surface area contributed by atoms with E-state index >= 15 is 0 Å². The fraction of sp³-hybridized carbons (Fsp3) is 0.533. The highest BCUT2D eigenvalue weighted by atomic mass is 32.3. The van der Waals surface area contributed by atoms with Crippen molar-refractivity contribution in [1.29, 1.82) is 0 Å². The zero-order valence-electron chi connectivity index (χ0n) is 13.4. The maximum Gasteiger partial charge on any atom is 0.251 e. The molecule has 1 saturated heterocycles. The Bertz CT molecular complexity index is 536. The number of carbonyl (C=O) groups is 1. The molecule has 1 heterocycles. The van der Waals surface area contributed by atoms with Crippen molar-refractivity contribution in [3.05, 3.63) is 35.4 Å². The molecule has 130 valence electrons. The minimum atomic E-state index is -3.13. The van der Waals surface area contributed by atoms with Gasteiger partial charge in [-0.15, -0.1) is 0 Å². The van der Waals surface area contributed by atoms with E-state index < -0.39 is 17.2 Å². The Balaban J connectivity index is 1.91. The van der Waals surface area contributed by atoms with Gasteiger partial charge in [0, 0.05) is 18.7 Å². The molecule has 0 aromatic heterocycles. The highest BCUT2D eigenvalue weighted by Gasteiger charge is 2.34. The van der Waals surface area contributed by atoms with Crippen molar-refractivity contribution >= 4 is 16.9 Å². The number of rotatable bonds is 6. The summed E-state index contributed by atoms with van der Waals surface area (Å²) in [6.07, 6.45) is -0.0163. The standard InChI is InChI=1S/C15H25N3O4S/c1-11(2)7-8-16-15(20)13-5-3-12(4-6-13)9-18-10-14(19)17-23(18,21)22/h3-6,11,14,17,19,21-22H,7-10H2,1-2H3,(H,16,20). The average molecular weight is 343 g/mol. The van der Waals surface area contributed by atoms with Crippen LogP contribution in [0, 0.1) is 5.92 Å². The molecule has 0 saturated carbocycles. The third-order valence-corrected chi connectivity index (χ3v) is 5.20. The number of β-amino-alcohol motifs (C(OH)–C–C–N with tert-alkyl or cyclic N) is 1. The van der Waals surface area contributed by atoms with Crippen LogP contribution in [-0.4, -0.2) is 43.7 Å². The van der Waals surface area contributed by atoms with Crippen molar-refractivity contribution in [2.45, 2.75) is 33.0 Å². The van der Waals surface area contributed by atoms with Gasteiger partial charge in [-0.25, -0.2) is 0 Å². The molecule has 1 atom stereocenters. The zero-order chi connectivity index (χ0) is 17.0. The first kappa shape index (κ1) is 18.2. The maximum atomic E-state index is 12.0. The van der Waals surface area contributed by atoms with E-state index in [0.29, 0.717) is 18.0 Å². The Morgan fingerprint density at radius 2 is 2.04 bits per heavy atom. The van der Waals surface area contributed by atoms with Crippen LogP contribution >= 0.6 is 11.0 Å². The average Bonchev–Trinajstić information content (AvgIpc) is 2.71. The summed E-state index contributed by atoms with van der Waals surface area (Å²) in [5, 5.41) is 12.3. The van der Waals surface area contributed by atoms with Crippen LogP contribution < -0.4 is 10.0 Å². The number of carbonyl (C=O) groups excluding carboxylic acids is 1. The van der Waals surface area contributed by atoms with Gasteiger partial charge in [0.25, 0.3) is 5.91 Å². The molecule has 1 fully saturated rings. The Kier molecular flexibility index (Phi) is 6.01. The van der Waals surface area contributed by atoms with Gasteiger partial charge >= 0.3 is 0 Å². The monoisotopic (exact) mass is 343 g/mol. The maximum absolute atomic E-state index is 12.0. The lowest BCUT2D eigenvalue weighted by Gasteiger charge is -2.35. The molecule has 2 rings (SSSR count). The minimum Gasteiger partial charge on any atom is -0.376 e. The van der Waals surface area contributed by atoms with Gasteiger partial charge in [0.15, 0.2) is 0 Å². The molecule has 1 amide bonds. The summed E-state index contributed by atoms with van der Waals surface area (Å²) >= 11 is 0. The summed E-state index contributed by atoms with van der Waals surface area (Å²) in [6, 6.07) is 6.98. The van der Waals surface area contributed by atoms with Gasteiger partial charge in [0.1, 0.15) is 6.23 Å². The second kappa shape index (κ2) is 7.61. The Hall–Kier alpha value is -1.16. The number of amides is 1. The van der Waals surface area contributed by atoms with Gasteiger partial charge in [0.2, 0.25) is 0 Å². The molecule has 0 bridgehead atoms. The van der Waals surface area contributed by atoms with E-state index in [9.17, 15) is 19.0 Å². The predicted molar refractivity (Wildman–Crippen MR) is 90.6 cm³/mol. The lowest BCUT2D eigenvalue weighted by Crippen LogP contribution is -2.26. The normalized spacial score (nSPS) is 22.3. The minimum absolute atomic E-state index is 0.111. The van der Waals surface area contributed by atoms with Gasteiger partial charge in [-0.2, -0.15) is 9.03 Å². The van der Waals surface area contributed by atoms with Crippen molar-refractivity contribution < 1.29 is 19.0 Å². The molecular weight excluding hydrogens is 318 g/mol. The van der Waals surface area contributed by atoms with Gasteiger partial charge in [-0.05, 0) is 30.0 Å². The highest BCUT2D eigenvalue weighted by molar-refractivity contribution is 8.20. The lowest BCUT2D eigenvalue weighted by atomic mass is 10.1. The molecule has 0 spiro atoms. The number of aliphatic hydroxyl groups is 1. The predicted octanol–water partition coefficient (Wildman–Crippen LogP) is 1.77. The summed E-state index contributed by atoms with van der Waals surface area (Å²) in [5.41, 5.74) is 1.41. The van der Waals surface area contributed by atoms with E-state index in [1.54, 1.807) is 24.3 Å². The fourth-order valence-corrected chi connectivity index (χ4v) is 3.55. The first-order chi connectivity index (χ1) is 10.8. The molecule has 1 aromatic rings. The number of nitrogens with one attached hydrogen (secondary N) is 2. The molecule has 7 nitrogen and oxygen atoms in total. The molecule has 1 aromatic carbocycles. The highest BCUT2D eigenvalue weighted by Crippen LogP contribution is 2.44. The zero-order valence-corrected chi connectivity index (χ0v) is 14.2. The fourth-order valence-electron chi connectivity index (χ4n) is 2.29. The van der Waals surface area contributed by atoms with Gasteiger partial charge in [0.05, 0.1) is 6.54 Å². The second-order valence-electron chi connectivity index (χ2n) is 6.11. The van der Waals surface area contributed by atoms with E-state index in [1.165, 1.54) is 4.31 Å². The van der Waals surface area contributed by atoms with Crippen LogP contribution in [0.4, 0.5) is 0 Å². The van der Waals surface area contributed by atoms with Gasteiger partial charge in [-0.1, -0.05) is 36.9 Å². The topological polar surface area (TPSA) is 105 Å². The summed E-state index contributed by atoms with van der Waals surface area (Å²) < 4.78 is 23.3. The number of benzene rings is 1. The van der Waals surface area contributed by atoms with Crippen molar-refractivity contribution in [3.63, 3.8) is 0 Å². The largest absolute Gasteiger partial charge is 0.376 e. The van der Waals surface area contributed by atoms with E-state index in [2.05, 4.69) is 23.9 Å². The van der Waals surface area contributed by atoms with E-state index in [0.717, 1.165) is 12.0 Å². The number of hydrogen-bond donors (Lipinski definition) is 5. The van der Waals surface area contributed by atoms with Crippen LogP contribution in [0.2, 0.25) is 0 Å². The molecule has 0 radical (unpaired) electrons. The first-order valence-corrected chi connectivity index (χ1v) is 9.14. The molecule has 1 aliphatic rings. The smallest absolute Gasteiger partial charge is 0.251 e. The molecular formula is C15H25N3O4S. The molecule has 0 aliphatic carbocycles. The van der Waals surface area contributed by atoms with E-state index in [4.69, 9.17) is 0 Å². The second-order valence-corrected chi connectivity index (χ2v) is 7.90. The SMILES string of the molecule is CC(C)CCNC(=O)c1ccc(CN2CC(O)NS2(O)O)cc1. The third-order valence-electron chi connectivity index (χ3n) is 3.61. The summed E-state index contributed by atoms with van der Waals surface area (Å²) in [6.45, 7) is 5.28. The van der Waals surface area contributed by atoms with E-state index in [1.807, 2.05) is 0 Å². The van der Waals surface area contributed by atoms with Crippen molar-refractivity contribution in [2.75, 3.05) is 13.1 Å². The third kappa shape index (κ3) is 5.17. The van der Waals surface area contributed by atoms with Crippen LogP contribution in [0.3, 0.4) is 0 Å². The number of nitrogens with zero attached hydrogens (tertiary/aromatic N) is 1. The van der Waals surface area contributed by atoms with Crippen LogP contribution in [0.5, 0.6) is 0 Å². The summed E-state index contributed by atoms with van der Waals surface area (Å²) in [5.74, 6) is 0.432. The van der Waals surface area contributed by atoms with Crippen LogP contribution in [0.25, 0.3) is 0 Å². The van der Waals surface area contributed by atoms with Crippen molar-refractivity contribution in [1.82, 2.24) is 14.3 Å².